The molecule has 1 aliphatic carbocycles. The molecule has 76 valence electrons. The Kier molecular flexibility index (Phi) is 2.91. The Hall–Kier alpha value is -1.19. The maximum absolute atomic E-state index is 10.1. The molecule has 1 heterocycles. The molecule has 1 aliphatic rings. The smallest absolute Gasteiger partial charge is 0.120 e. The molecule has 0 bridgehead atoms. The summed E-state index contributed by atoms with van der Waals surface area (Å²) in [6, 6.07) is 0. The number of unbranched alkanes of at least 4 members (excludes halogenated alkanes) is 1. The normalized spacial score (nSPS) is 15.7. The molecule has 2 rings (SSSR count). The molecule has 1 saturated carbocycles. The molecule has 0 spiro atoms. The van der Waals surface area contributed by atoms with Crippen molar-refractivity contribution in [3.63, 3.8) is 0 Å². The van der Waals surface area contributed by atoms with Gasteiger partial charge in [-0.1, -0.05) is 5.21 Å². The van der Waals surface area contributed by atoms with E-state index in [1.165, 1.54) is 12.8 Å². The Morgan fingerprint density at radius 2 is 2.43 bits per heavy atom. The van der Waals surface area contributed by atoms with Crippen molar-refractivity contribution in [3.05, 3.63) is 11.9 Å². The van der Waals surface area contributed by atoms with Crippen molar-refractivity contribution in [1.29, 1.82) is 0 Å². The van der Waals surface area contributed by atoms with Crippen LogP contribution in [-0.4, -0.2) is 21.3 Å². The maximum atomic E-state index is 10.1. The first-order valence-electron chi connectivity index (χ1n) is 5.21. The summed E-state index contributed by atoms with van der Waals surface area (Å²) in [6.45, 7) is 1.01. The Bertz CT molecular complexity index is 304. The van der Waals surface area contributed by atoms with Crippen molar-refractivity contribution in [2.45, 2.75) is 38.6 Å². The van der Waals surface area contributed by atoms with Gasteiger partial charge in [-0.3, -0.25) is 4.68 Å². The average molecular weight is 193 g/mol. The molecule has 0 unspecified atom stereocenters. The molecule has 4 nitrogen and oxygen atoms in total. The molecule has 4 heteroatoms. The predicted octanol–water partition coefficient (Wildman–Crippen LogP) is 1.21. The highest BCUT2D eigenvalue weighted by Crippen LogP contribution is 2.30. The van der Waals surface area contributed by atoms with Gasteiger partial charge in [-0.15, -0.1) is 5.10 Å². The molecule has 14 heavy (non-hydrogen) atoms. The first kappa shape index (κ1) is 9.37. The lowest BCUT2D eigenvalue weighted by Gasteiger charge is -1.94. The minimum atomic E-state index is 0.621. The minimum absolute atomic E-state index is 0.621. The third-order valence-corrected chi connectivity index (χ3v) is 2.48. The summed E-state index contributed by atoms with van der Waals surface area (Å²) in [7, 11) is 0. The van der Waals surface area contributed by atoms with E-state index in [1.807, 2.05) is 10.9 Å². The maximum Gasteiger partial charge on any atom is 0.120 e. The molecule has 1 aromatic rings. The van der Waals surface area contributed by atoms with E-state index < -0.39 is 0 Å². The highest BCUT2D eigenvalue weighted by Gasteiger charge is 2.22. The molecular weight excluding hydrogens is 178 g/mol. The lowest BCUT2D eigenvalue weighted by molar-refractivity contribution is -0.107. The SMILES string of the molecule is O=CCCCc1cn(CC2CC2)nn1. The van der Waals surface area contributed by atoms with Crippen molar-refractivity contribution < 1.29 is 4.79 Å². The van der Waals surface area contributed by atoms with Gasteiger partial charge in [0.2, 0.25) is 0 Å². The molecule has 0 N–H and O–H groups in total. The topological polar surface area (TPSA) is 47.8 Å². The number of aldehydes is 1. The minimum Gasteiger partial charge on any atom is -0.303 e. The third-order valence-electron chi connectivity index (χ3n) is 2.48. The number of carbonyl (C=O) groups excluding carboxylic acids is 1. The Morgan fingerprint density at radius 1 is 1.57 bits per heavy atom. The van der Waals surface area contributed by atoms with Crippen LogP contribution < -0.4 is 0 Å². The highest BCUT2D eigenvalue weighted by atomic mass is 16.1. The Morgan fingerprint density at radius 3 is 3.14 bits per heavy atom. The van der Waals surface area contributed by atoms with Crippen LogP contribution in [0.25, 0.3) is 0 Å². The quantitative estimate of drug-likeness (QED) is 0.504. The first-order chi connectivity index (χ1) is 6.88. The zero-order chi connectivity index (χ0) is 9.80. The fourth-order valence-electron chi connectivity index (χ4n) is 1.47. The second kappa shape index (κ2) is 4.35. The molecule has 0 aliphatic heterocycles. The number of carbonyl (C=O) groups is 1. The standard InChI is InChI=1S/C10H15N3O/c14-6-2-1-3-10-8-13(12-11-10)7-9-4-5-9/h6,8-9H,1-5,7H2. The fourth-order valence-corrected chi connectivity index (χ4v) is 1.47. The van der Waals surface area contributed by atoms with Crippen molar-refractivity contribution >= 4 is 6.29 Å². The fraction of sp³-hybridized carbons (Fsp3) is 0.700. The molecule has 0 amide bonds. The first-order valence-corrected chi connectivity index (χ1v) is 5.21. The monoisotopic (exact) mass is 193 g/mol. The van der Waals surface area contributed by atoms with E-state index in [0.717, 1.165) is 37.3 Å². The van der Waals surface area contributed by atoms with E-state index in [0.29, 0.717) is 6.42 Å². The van der Waals surface area contributed by atoms with Gasteiger partial charge in [-0.05, 0) is 31.6 Å². The van der Waals surface area contributed by atoms with Crippen LogP contribution in [0.1, 0.15) is 31.4 Å². The molecule has 0 atom stereocenters. The lowest BCUT2D eigenvalue weighted by atomic mass is 10.2. The van der Waals surface area contributed by atoms with Gasteiger partial charge in [0.25, 0.3) is 0 Å². The van der Waals surface area contributed by atoms with Crippen molar-refractivity contribution in [3.8, 4) is 0 Å². The van der Waals surface area contributed by atoms with Gasteiger partial charge in [-0.2, -0.15) is 0 Å². The van der Waals surface area contributed by atoms with Crippen molar-refractivity contribution in [2.75, 3.05) is 0 Å². The summed E-state index contributed by atoms with van der Waals surface area (Å²) in [5.41, 5.74) is 1.01. The van der Waals surface area contributed by atoms with Crippen molar-refractivity contribution in [2.24, 2.45) is 5.92 Å². The Balaban J connectivity index is 1.79. The van der Waals surface area contributed by atoms with Gasteiger partial charge in [0, 0.05) is 19.2 Å². The third kappa shape index (κ3) is 2.65. The van der Waals surface area contributed by atoms with Gasteiger partial charge in [0.15, 0.2) is 0 Å². The zero-order valence-corrected chi connectivity index (χ0v) is 8.22. The summed E-state index contributed by atoms with van der Waals surface area (Å²) in [6.07, 6.45) is 7.99. The molecular formula is C10H15N3O. The van der Waals surface area contributed by atoms with E-state index in [1.54, 1.807) is 0 Å². The van der Waals surface area contributed by atoms with Crippen LogP contribution in [0.4, 0.5) is 0 Å². The summed E-state index contributed by atoms with van der Waals surface area (Å²) in [5, 5.41) is 8.12. The summed E-state index contributed by atoms with van der Waals surface area (Å²) in [4.78, 5) is 10.1. The van der Waals surface area contributed by atoms with Gasteiger partial charge in [0.05, 0.1) is 5.69 Å². The van der Waals surface area contributed by atoms with E-state index in [-0.39, 0.29) is 0 Å². The predicted molar refractivity (Wildman–Crippen MR) is 51.7 cm³/mol. The van der Waals surface area contributed by atoms with Crippen LogP contribution in [0.5, 0.6) is 0 Å². The van der Waals surface area contributed by atoms with Crippen LogP contribution in [0, 0.1) is 5.92 Å². The number of hydrogen-bond donors (Lipinski definition) is 0. The largest absolute Gasteiger partial charge is 0.303 e. The summed E-state index contributed by atoms with van der Waals surface area (Å²) < 4.78 is 1.92. The number of aryl methyl sites for hydroxylation is 1. The van der Waals surface area contributed by atoms with Crippen LogP contribution in [-0.2, 0) is 17.8 Å². The average Bonchev–Trinajstić information content (AvgIpc) is 2.87. The van der Waals surface area contributed by atoms with Crippen molar-refractivity contribution in [1.82, 2.24) is 15.0 Å². The second-order valence-electron chi connectivity index (χ2n) is 3.93. The molecule has 0 saturated heterocycles. The molecule has 1 fully saturated rings. The highest BCUT2D eigenvalue weighted by molar-refractivity contribution is 5.49. The summed E-state index contributed by atoms with van der Waals surface area (Å²) in [5.74, 6) is 0.833. The van der Waals surface area contributed by atoms with E-state index in [2.05, 4.69) is 10.3 Å². The Labute approximate surface area is 83.3 Å². The van der Waals surface area contributed by atoms with Crippen LogP contribution >= 0.6 is 0 Å². The second-order valence-corrected chi connectivity index (χ2v) is 3.93. The van der Waals surface area contributed by atoms with Gasteiger partial charge < -0.3 is 4.79 Å². The lowest BCUT2D eigenvalue weighted by Crippen LogP contribution is -1.99. The van der Waals surface area contributed by atoms with Gasteiger partial charge >= 0.3 is 0 Å². The molecule has 0 aromatic carbocycles. The number of hydrogen-bond acceptors (Lipinski definition) is 3. The number of nitrogens with zero attached hydrogens (tertiary/aromatic N) is 3. The van der Waals surface area contributed by atoms with Gasteiger partial charge in [-0.25, -0.2) is 0 Å². The zero-order valence-electron chi connectivity index (χ0n) is 8.22. The summed E-state index contributed by atoms with van der Waals surface area (Å²) >= 11 is 0. The van der Waals surface area contributed by atoms with E-state index >= 15 is 0 Å². The molecule has 0 radical (unpaired) electrons. The van der Waals surface area contributed by atoms with E-state index in [9.17, 15) is 4.79 Å². The van der Waals surface area contributed by atoms with Crippen LogP contribution in [0.15, 0.2) is 6.20 Å². The van der Waals surface area contributed by atoms with Crippen LogP contribution in [0.3, 0.4) is 0 Å². The van der Waals surface area contributed by atoms with Gasteiger partial charge in [0.1, 0.15) is 6.29 Å². The molecule has 1 aromatic heterocycles. The van der Waals surface area contributed by atoms with Crippen LogP contribution in [0.2, 0.25) is 0 Å². The number of aromatic nitrogens is 3. The van der Waals surface area contributed by atoms with E-state index in [4.69, 9.17) is 0 Å². The number of rotatable bonds is 6.